The van der Waals surface area contributed by atoms with E-state index >= 15 is 0 Å². The minimum Gasteiger partial charge on any atom is -0.508 e. The first-order chi connectivity index (χ1) is 8.29. The summed E-state index contributed by atoms with van der Waals surface area (Å²) in [7, 11) is 0. The number of nitriles is 1. The van der Waals surface area contributed by atoms with Gasteiger partial charge in [0.15, 0.2) is 0 Å². The summed E-state index contributed by atoms with van der Waals surface area (Å²) in [5.41, 5.74) is 2.36. The fraction of sp³-hybridized carbons (Fsp3) is 0. The Kier molecular flexibility index (Phi) is 3.23. The van der Waals surface area contributed by atoms with E-state index in [9.17, 15) is 5.11 Å². The lowest BCUT2D eigenvalue weighted by atomic mass is 10.0. The maximum absolute atomic E-state index is 9.20. The lowest BCUT2D eigenvalue weighted by Crippen LogP contribution is -1.81. The number of allylic oxidation sites excluding steroid dienone is 1. The molecular weight excluding hydrogens is 210 g/mol. The van der Waals surface area contributed by atoms with Crippen LogP contribution in [0, 0.1) is 11.3 Å². The van der Waals surface area contributed by atoms with Crippen LogP contribution in [0.5, 0.6) is 5.75 Å². The summed E-state index contributed by atoms with van der Waals surface area (Å²) >= 11 is 0. The first kappa shape index (κ1) is 11.0. The predicted molar refractivity (Wildman–Crippen MR) is 68.0 cm³/mol. The molecule has 0 aromatic heterocycles. The molecule has 2 aromatic carbocycles. The van der Waals surface area contributed by atoms with Crippen LogP contribution in [0.4, 0.5) is 0 Å². The average Bonchev–Trinajstić information content (AvgIpc) is 2.38. The van der Waals surface area contributed by atoms with Crippen LogP contribution in [0.2, 0.25) is 0 Å². The number of hydrogen-bond acceptors (Lipinski definition) is 2. The molecule has 0 unspecified atom stereocenters. The maximum Gasteiger partial charge on any atom is 0.115 e. The molecule has 0 atom stereocenters. The van der Waals surface area contributed by atoms with Gasteiger partial charge in [0.1, 0.15) is 5.75 Å². The molecule has 0 bridgehead atoms. The lowest BCUT2D eigenvalue weighted by Gasteiger charge is -2.00. The normalized spacial score (nSPS) is 10.9. The van der Waals surface area contributed by atoms with Crippen molar-refractivity contribution in [2.24, 2.45) is 0 Å². The molecule has 0 aliphatic carbocycles. The molecule has 17 heavy (non-hydrogen) atoms. The lowest BCUT2D eigenvalue weighted by molar-refractivity contribution is 0.475. The Morgan fingerprint density at radius 2 is 1.65 bits per heavy atom. The maximum atomic E-state index is 9.20. The molecule has 0 spiro atoms. The Morgan fingerprint density at radius 1 is 1.00 bits per heavy atom. The smallest absolute Gasteiger partial charge is 0.115 e. The predicted octanol–water partition coefficient (Wildman–Crippen LogP) is 3.46. The van der Waals surface area contributed by atoms with Crippen LogP contribution in [0.1, 0.15) is 11.1 Å². The second kappa shape index (κ2) is 5.00. The van der Waals surface area contributed by atoms with Gasteiger partial charge < -0.3 is 5.11 Å². The SMILES string of the molecule is N#C/C(=C\c1ccccc1)c1ccc(O)cc1. The van der Waals surface area contributed by atoms with Crippen molar-refractivity contribution >= 4 is 11.6 Å². The molecule has 2 heteroatoms. The largest absolute Gasteiger partial charge is 0.508 e. The van der Waals surface area contributed by atoms with Crippen molar-refractivity contribution in [1.29, 1.82) is 5.26 Å². The topological polar surface area (TPSA) is 44.0 Å². The standard InChI is InChI=1S/C15H11NO/c16-11-14(10-12-4-2-1-3-5-12)13-6-8-15(17)9-7-13/h1-10,17H/b14-10+. The molecule has 0 saturated carbocycles. The molecule has 2 nitrogen and oxygen atoms in total. The van der Waals surface area contributed by atoms with Gasteiger partial charge in [-0.3, -0.25) is 0 Å². The van der Waals surface area contributed by atoms with Crippen LogP contribution in [0.25, 0.3) is 11.6 Å². The number of rotatable bonds is 2. The van der Waals surface area contributed by atoms with E-state index in [2.05, 4.69) is 6.07 Å². The number of phenols is 1. The van der Waals surface area contributed by atoms with Gasteiger partial charge in [0.25, 0.3) is 0 Å². The monoisotopic (exact) mass is 221 g/mol. The highest BCUT2D eigenvalue weighted by Gasteiger charge is 2.00. The number of hydrogen-bond donors (Lipinski definition) is 1. The zero-order valence-electron chi connectivity index (χ0n) is 9.17. The minimum absolute atomic E-state index is 0.200. The third-order valence-corrected chi connectivity index (χ3v) is 2.41. The van der Waals surface area contributed by atoms with E-state index in [4.69, 9.17) is 5.26 Å². The van der Waals surface area contributed by atoms with Crippen LogP contribution >= 0.6 is 0 Å². The van der Waals surface area contributed by atoms with Gasteiger partial charge in [-0.05, 0) is 41.5 Å². The summed E-state index contributed by atoms with van der Waals surface area (Å²) < 4.78 is 0. The summed E-state index contributed by atoms with van der Waals surface area (Å²) in [5.74, 6) is 0.200. The number of phenolic OH excluding ortho intramolecular Hbond substituents is 1. The van der Waals surface area contributed by atoms with E-state index in [1.165, 1.54) is 0 Å². The van der Waals surface area contributed by atoms with Crippen LogP contribution in [0.15, 0.2) is 54.6 Å². The van der Waals surface area contributed by atoms with Crippen molar-refractivity contribution in [2.45, 2.75) is 0 Å². The van der Waals surface area contributed by atoms with Crippen molar-refractivity contribution in [3.63, 3.8) is 0 Å². The molecule has 0 heterocycles. The van der Waals surface area contributed by atoms with E-state index < -0.39 is 0 Å². The Morgan fingerprint density at radius 3 is 2.24 bits per heavy atom. The first-order valence-corrected chi connectivity index (χ1v) is 5.26. The third kappa shape index (κ3) is 2.73. The van der Waals surface area contributed by atoms with Crippen LogP contribution in [0.3, 0.4) is 0 Å². The van der Waals surface area contributed by atoms with Crippen LogP contribution < -0.4 is 0 Å². The van der Waals surface area contributed by atoms with Crippen molar-refractivity contribution in [2.75, 3.05) is 0 Å². The van der Waals surface area contributed by atoms with Gasteiger partial charge >= 0.3 is 0 Å². The van der Waals surface area contributed by atoms with E-state index in [0.717, 1.165) is 11.1 Å². The molecular formula is C15H11NO. The molecule has 0 aliphatic heterocycles. The van der Waals surface area contributed by atoms with Crippen LogP contribution in [-0.4, -0.2) is 5.11 Å². The number of nitrogens with zero attached hydrogens (tertiary/aromatic N) is 1. The molecule has 2 aromatic rings. The van der Waals surface area contributed by atoms with E-state index in [0.29, 0.717) is 5.57 Å². The van der Waals surface area contributed by atoms with Gasteiger partial charge in [-0.2, -0.15) is 5.26 Å². The second-order valence-electron chi connectivity index (χ2n) is 3.63. The second-order valence-corrected chi connectivity index (χ2v) is 3.63. The van der Waals surface area contributed by atoms with Gasteiger partial charge in [0.05, 0.1) is 11.6 Å². The zero-order chi connectivity index (χ0) is 12.1. The summed E-state index contributed by atoms with van der Waals surface area (Å²) in [4.78, 5) is 0. The summed E-state index contributed by atoms with van der Waals surface area (Å²) in [6, 6.07) is 18.4. The van der Waals surface area contributed by atoms with Crippen LogP contribution in [-0.2, 0) is 0 Å². The number of benzene rings is 2. The highest BCUT2D eigenvalue weighted by atomic mass is 16.3. The van der Waals surface area contributed by atoms with E-state index in [1.807, 2.05) is 36.4 Å². The quantitative estimate of drug-likeness (QED) is 0.623. The Bertz CT molecular complexity index is 562. The summed E-state index contributed by atoms with van der Waals surface area (Å²) in [5, 5.41) is 18.3. The van der Waals surface area contributed by atoms with Gasteiger partial charge in [0, 0.05) is 0 Å². The summed E-state index contributed by atoms with van der Waals surface area (Å²) in [6.07, 6.45) is 1.83. The van der Waals surface area contributed by atoms with Gasteiger partial charge in [-0.15, -0.1) is 0 Å². The van der Waals surface area contributed by atoms with E-state index in [1.54, 1.807) is 24.3 Å². The average molecular weight is 221 g/mol. The number of aromatic hydroxyl groups is 1. The Hall–Kier alpha value is -2.53. The Labute approximate surface area is 100 Å². The van der Waals surface area contributed by atoms with E-state index in [-0.39, 0.29) is 5.75 Å². The zero-order valence-corrected chi connectivity index (χ0v) is 9.17. The van der Waals surface area contributed by atoms with Gasteiger partial charge in [-0.1, -0.05) is 30.3 Å². The molecule has 0 radical (unpaired) electrons. The third-order valence-electron chi connectivity index (χ3n) is 2.41. The Balaban J connectivity index is 2.38. The van der Waals surface area contributed by atoms with Crippen molar-refractivity contribution in [3.8, 4) is 11.8 Å². The molecule has 1 N–H and O–H groups in total. The molecule has 0 fully saturated rings. The molecule has 0 amide bonds. The first-order valence-electron chi connectivity index (χ1n) is 5.26. The summed E-state index contributed by atoms with van der Waals surface area (Å²) in [6.45, 7) is 0. The fourth-order valence-electron chi connectivity index (χ4n) is 1.54. The van der Waals surface area contributed by atoms with Crippen molar-refractivity contribution in [3.05, 3.63) is 65.7 Å². The highest BCUT2D eigenvalue weighted by molar-refractivity contribution is 5.89. The fourth-order valence-corrected chi connectivity index (χ4v) is 1.54. The highest BCUT2D eigenvalue weighted by Crippen LogP contribution is 2.19. The molecule has 0 aliphatic rings. The minimum atomic E-state index is 0.200. The molecule has 2 rings (SSSR count). The van der Waals surface area contributed by atoms with Gasteiger partial charge in [0.2, 0.25) is 0 Å². The van der Waals surface area contributed by atoms with Crippen molar-refractivity contribution < 1.29 is 5.11 Å². The van der Waals surface area contributed by atoms with Crippen molar-refractivity contribution in [1.82, 2.24) is 0 Å². The van der Waals surface area contributed by atoms with Gasteiger partial charge in [-0.25, -0.2) is 0 Å². The molecule has 82 valence electrons. The molecule has 0 saturated heterocycles.